The van der Waals surface area contributed by atoms with Crippen LogP contribution in [0.2, 0.25) is 0 Å². The summed E-state index contributed by atoms with van der Waals surface area (Å²) in [5.74, 6) is -0.393. The SMILES string of the molecule is CC1=C(N2N=CC3(CCNCC3)C2=O)COC1=O. The third kappa shape index (κ3) is 1.49. The molecule has 3 heterocycles. The van der Waals surface area contributed by atoms with Crippen LogP contribution >= 0.6 is 0 Å². The molecule has 1 saturated heterocycles. The quantitative estimate of drug-likeness (QED) is 0.665. The number of amides is 1. The molecular weight excluding hydrogens is 234 g/mol. The highest BCUT2D eigenvalue weighted by Crippen LogP contribution is 2.36. The number of hydrazone groups is 1. The summed E-state index contributed by atoms with van der Waals surface area (Å²) in [6.45, 7) is 3.45. The molecular formula is C12H15N3O3. The fourth-order valence-electron chi connectivity index (χ4n) is 2.58. The average molecular weight is 249 g/mol. The van der Waals surface area contributed by atoms with Crippen LogP contribution in [-0.4, -0.2) is 42.8 Å². The van der Waals surface area contributed by atoms with Crippen LogP contribution in [0.4, 0.5) is 0 Å². The van der Waals surface area contributed by atoms with Crippen LogP contribution in [-0.2, 0) is 14.3 Å². The number of nitrogens with one attached hydrogen (secondary N) is 1. The van der Waals surface area contributed by atoms with Crippen molar-refractivity contribution >= 4 is 18.1 Å². The Hall–Kier alpha value is -1.69. The molecule has 0 atom stereocenters. The molecule has 0 bridgehead atoms. The summed E-state index contributed by atoms with van der Waals surface area (Å²) in [5, 5.41) is 8.79. The first-order valence-corrected chi connectivity index (χ1v) is 6.11. The van der Waals surface area contributed by atoms with Crippen LogP contribution in [0.25, 0.3) is 0 Å². The van der Waals surface area contributed by atoms with Crippen LogP contribution < -0.4 is 5.32 Å². The van der Waals surface area contributed by atoms with Gasteiger partial charge in [0.1, 0.15) is 6.61 Å². The Morgan fingerprint density at radius 3 is 2.72 bits per heavy atom. The van der Waals surface area contributed by atoms with Crippen molar-refractivity contribution in [2.75, 3.05) is 19.7 Å². The highest BCUT2D eigenvalue weighted by Gasteiger charge is 2.47. The van der Waals surface area contributed by atoms with Gasteiger partial charge in [0.05, 0.1) is 16.7 Å². The second kappa shape index (κ2) is 3.91. The average Bonchev–Trinajstić information content (AvgIpc) is 2.86. The fraction of sp³-hybridized carbons (Fsp3) is 0.583. The van der Waals surface area contributed by atoms with Gasteiger partial charge in [-0.3, -0.25) is 4.79 Å². The third-order valence-electron chi connectivity index (χ3n) is 3.87. The molecule has 3 aliphatic rings. The van der Waals surface area contributed by atoms with E-state index in [0.29, 0.717) is 11.3 Å². The Labute approximate surface area is 105 Å². The Balaban J connectivity index is 1.88. The van der Waals surface area contributed by atoms with Gasteiger partial charge >= 0.3 is 5.97 Å². The van der Waals surface area contributed by atoms with E-state index in [2.05, 4.69) is 10.4 Å². The number of nitrogens with zero attached hydrogens (tertiary/aromatic N) is 2. The van der Waals surface area contributed by atoms with Gasteiger partial charge in [-0.25, -0.2) is 9.80 Å². The van der Waals surface area contributed by atoms with E-state index in [0.717, 1.165) is 25.9 Å². The second-order valence-electron chi connectivity index (χ2n) is 4.92. The first kappa shape index (κ1) is 11.4. The summed E-state index contributed by atoms with van der Waals surface area (Å²) >= 11 is 0. The van der Waals surface area contributed by atoms with Crippen molar-refractivity contribution in [3.05, 3.63) is 11.3 Å². The molecule has 0 unspecified atom stereocenters. The number of hydrogen-bond acceptors (Lipinski definition) is 5. The molecule has 1 fully saturated rings. The number of esters is 1. The third-order valence-corrected chi connectivity index (χ3v) is 3.87. The second-order valence-corrected chi connectivity index (χ2v) is 4.92. The normalized spacial score (nSPS) is 26.4. The Kier molecular flexibility index (Phi) is 2.48. The van der Waals surface area contributed by atoms with Crippen molar-refractivity contribution in [3.8, 4) is 0 Å². The van der Waals surface area contributed by atoms with Crippen molar-refractivity contribution in [3.63, 3.8) is 0 Å². The summed E-state index contributed by atoms with van der Waals surface area (Å²) in [6.07, 6.45) is 3.25. The zero-order valence-electron chi connectivity index (χ0n) is 10.2. The molecule has 0 radical (unpaired) electrons. The lowest BCUT2D eigenvalue weighted by Gasteiger charge is -2.30. The molecule has 0 aromatic rings. The number of rotatable bonds is 1. The van der Waals surface area contributed by atoms with Gasteiger partial charge in [-0.15, -0.1) is 0 Å². The predicted molar refractivity (Wildman–Crippen MR) is 63.5 cm³/mol. The molecule has 6 nitrogen and oxygen atoms in total. The molecule has 18 heavy (non-hydrogen) atoms. The van der Waals surface area contributed by atoms with Crippen LogP contribution in [0.3, 0.4) is 0 Å². The molecule has 1 N–H and O–H groups in total. The van der Waals surface area contributed by atoms with Crippen molar-refractivity contribution in [2.24, 2.45) is 10.5 Å². The Morgan fingerprint density at radius 1 is 1.39 bits per heavy atom. The minimum absolute atomic E-state index is 0.0309. The largest absolute Gasteiger partial charge is 0.456 e. The van der Waals surface area contributed by atoms with Crippen LogP contribution in [0.15, 0.2) is 16.4 Å². The van der Waals surface area contributed by atoms with E-state index in [-0.39, 0.29) is 18.5 Å². The lowest BCUT2D eigenvalue weighted by molar-refractivity contribution is -0.138. The van der Waals surface area contributed by atoms with Gasteiger partial charge < -0.3 is 10.1 Å². The zero-order valence-corrected chi connectivity index (χ0v) is 10.2. The van der Waals surface area contributed by atoms with Crippen molar-refractivity contribution in [1.29, 1.82) is 0 Å². The smallest absolute Gasteiger partial charge is 0.336 e. The lowest BCUT2D eigenvalue weighted by Crippen LogP contribution is -2.44. The van der Waals surface area contributed by atoms with Crippen LogP contribution in [0, 0.1) is 5.41 Å². The molecule has 1 amide bonds. The lowest BCUT2D eigenvalue weighted by atomic mass is 9.80. The minimum atomic E-state index is -0.482. The topological polar surface area (TPSA) is 71.0 Å². The molecule has 6 heteroatoms. The van der Waals surface area contributed by atoms with Crippen LogP contribution in [0.1, 0.15) is 19.8 Å². The number of carbonyl (C=O) groups is 2. The monoisotopic (exact) mass is 249 g/mol. The van der Waals surface area contributed by atoms with Crippen molar-refractivity contribution in [1.82, 2.24) is 10.3 Å². The van der Waals surface area contributed by atoms with Gasteiger partial charge in [-0.1, -0.05) is 0 Å². The van der Waals surface area contributed by atoms with Gasteiger partial charge in [-0.05, 0) is 32.9 Å². The number of cyclic esters (lactones) is 1. The molecule has 96 valence electrons. The van der Waals surface area contributed by atoms with Crippen molar-refractivity contribution in [2.45, 2.75) is 19.8 Å². The molecule has 0 aromatic carbocycles. The standard InChI is InChI=1S/C12H15N3O3/c1-8-9(6-18-10(8)16)15-11(17)12(7-14-15)2-4-13-5-3-12/h7,13H,2-6H2,1H3. The highest BCUT2D eigenvalue weighted by atomic mass is 16.5. The van der Waals surface area contributed by atoms with E-state index < -0.39 is 5.41 Å². The molecule has 3 rings (SSSR count). The van der Waals surface area contributed by atoms with Crippen molar-refractivity contribution < 1.29 is 14.3 Å². The summed E-state index contributed by atoms with van der Waals surface area (Å²) in [4.78, 5) is 23.8. The van der Waals surface area contributed by atoms with Gasteiger partial charge in [0.25, 0.3) is 5.91 Å². The number of hydrogen-bond donors (Lipinski definition) is 1. The maximum atomic E-state index is 12.5. The summed E-state index contributed by atoms with van der Waals surface area (Å²) < 4.78 is 4.92. The summed E-state index contributed by atoms with van der Waals surface area (Å²) in [7, 11) is 0. The van der Waals surface area contributed by atoms with E-state index in [9.17, 15) is 9.59 Å². The summed E-state index contributed by atoms with van der Waals surface area (Å²) in [5.41, 5.74) is 0.576. The maximum absolute atomic E-state index is 12.5. The van der Waals surface area contributed by atoms with Crippen LogP contribution in [0.5, 0.6) is 0 Å². The number of ether oxygens (including phenoxy) is 1. The molecule has 0 aromatic heterocycles. The Morgan fingerprint density at radius 2 is 2.11 bits per heavy atom. The maximum Gasteiger partial charge on any atom is 0.336 e. The van der Waals surface area contributed by atoms with E-state index in [4.69, 9.17) is 4.74 Å². The first-order chi connectivity index (χ1) is 8.64. The summed E-state index contributed by atoms with van der Waals surface area (Å²) in [6, 6.07) is 0. The fourth-order valence-corrected chi connectivity index (χ4v) is 2.58. The minimum Gasteiger partial charge on any atom is -0.456 e. The number of carbonyl (C=O) groups excluding carboxylic acids is 2. The van der Waals surface area contributed by atoms with Gasteiger partial charge in [0, 0.05) is 6.21 Å². The molecule has 0 saturated carbocycles. The van der Waals surface area contributed by atoms with E-state index in [1.807, 2.05) is 0 Å². The highest BCUT2D eigenvalue weighted by molar-refractivity contribution is 6.04. The predicted octanol–water partition coefficient (Wildman–Crippen LogP) is 0.0150. The molecule has 0 aliphatic carbocycles. The first-order valence-electron chi connectivity index (χ1n) is 6.11. The Bertz CT molecular complexity index is 475. The van der Waals surface area contributed by atoms with Gasteiger partial charge in [0.2, 0.25) is 0 Å². The van der Waals surface area contributed by atoms with E-state index in [1.165, 1.54) is 5.01 Å². The number of piperidine rings is 1. The zero-order chi connectivity index (χ0) is 12.8. The van der Waals surface area contributed by atoms with E-state index in [1.54, 1.807) is 13.1 Å². The van der Waals surface area contributed by atoms with Gasteiger partial charge in [0.15, 0.2) is 0 Å². The molecule has 1 spiro atoms. The van der Waals surface area contributed by atoms with Gasteiger partial charge in [-0.2, -0.15) is 5.10 Å². The molecule has 3 aliphatic heterocycles. The van der Waals surface area contributed by atoms with E-state index >= 15 is 0 Å².